The van der Waals surface area contributed by atoms with E-state index in [1.807, 2.05) is 18.2 Å². The second-order valence-corrected chi connectivity index (χ2v) is 17.3. The quantitative estimate of drug-likeness (QED) is 0.174. The van der Waals surface area contributed by atoms with Gasteiger partial charge in [0.15, 0.2) is 17.5 Å². The Morgan fingerprint density at radius 2 is 1.03 bits per heavy atom. The van der Waals surface area contributed by atoms with Gasteiger partial charge in [0.05, 0.1) is 0 Å². The molecule has 0 N–H and O–H groups in total. The molecule has 290 valence electrons. The first-order valence-electron chi connectivity index (χ1n) is 21.1. The summed E-state index contributed by atoms with van der Waals surface area (Å²) >= 11 is 1.78. The predicted molar refractivity (Wildman–Crippen MR) is 256 cm³/mol. The minimum absolute atomic E-state index is 0.302. The van der Waals surface area contributed by atoms with Crippen molar-refractivity contribution >= 4 is 53.4 Å². The van der Waals surface area contributed by atoms with E-state index in [-0.39, 0.29) is 0 Å². The van der Waals surface area contributed by atoms with E-state index in [1.54, 1.807) is 11.3 Å². The summed E-state index contributed by atoms with van der Waals surface area (Å²) in [4.78, 5) is 15.5. The highest BCUT2D eigenvalue weighted by Crippen LogP contribution is 2.50. The summed E-state index contributed by atoms with van der Waals surface area (Å²) < 4.78 is 8.97. The van der Waals surface area contributed by atoms with Crippen molar-refractivity contribution in [3.8, 4) is 67.5 Å². The number of thiophene rings is 1. The summed E-state index contributed by atoms with van der Waals surface area (Å²) in [6.07, 6.45) is 9.10. The fourth-order valence-corrected chi connectivity index (χ4v) is 11.0. The van der Waals surface area contributed by atoms with Crippen molar-refractivity contribution in [2.24, 2.45) is 0 Å². The van der Waals surface area contributed by atoms with Crippen LogP contribution in [0, 0.1) is 0 Å². The Hall–Kier alpha value is -7.73. The summed E-state index contributed by atoms with van der Waals surface area (Å²) in [5.41, 5.74) is 14.5. The zero-order chi connectivity index (χ0) is 40.7. The minimum Gasteiger partial charge on any atom is -0.456 e. The van der Waals surface area contributed by atoms with Crippen LogP contribution >= 0.6 is 11.3 Å². The van der Waals surface area contributed by atoms with Gasteiger partial charge in [-0.15, -0.1) is 11.3 Å². The molecular weight excluding hydrogens is 775 g/mol. The van der Waals surface area contributed by atoms with E-state index in [1.165, 1.54) is 48.0 Å². The summed E-state index contributed by atoms with van der Waals surface area (Å²) in [5.74, 6) is 2.56. The van der Waals surface area contributed by atoms with Gasteiger partial charge in [-0.1, -0.05) is 158 Å². The molecule has 0 spiro atoms. The number of benzene rings is 8. The zero-order valence-electron chi connectivity index (χ0n) is 33.4. The number of hydrogen-bond acceptors (Lipinski definition) is 5. The molecule has 0 saturated carbocycles. The Morgan fingerprint density at radius 1 is 0.387 bits per heavy atom. The molecule has 0 aliphatic heterocycles. The van der Waals surface area contributed by atoms with E-state index in [0.29, 0.717) is 29.3 Å². The second-order valence-electron chi connectivity index (χ2n) is 16.2. The second kappa shape index (κ2) is 13.9. The first-order valence-corrected chi connectivity index (χ1v) is 21.9. The van der Waals surface area contributed by atoms with Crippen LogP contribution in [-0.2, 0) is 0 Å². The predicted octanol–water partition coefficient (Wildman–Crippen LogP) is 15.4. The van der Waals surface area contributed by atoms with Crippen LogP contribution in [0.2, 0.25) is 0 Å². The number of fused-ring (bicyclic) bond motifs is 12. The molecule has 2 aliphatic rings. The van der Waals surface area contributed by atoms with E-state index in [0.717, 1.165) is 55.3 Å². The summed E-state index contributed by atoms with van der Waals surface area (Å²) in [7, 11) is 0. The fourth-order valence-electron chi connectivity index (χ4n) is 9.84. The maximum Gasteiger partial charge on any atom is 0.165 e. The van der Waals surface area contributed by atoms with Gasteiger partial charge in [-0.05, 0) is 87.0 Å². The molecule has 3 heterocycles. The molecule has 0 radical (unpaired) electrons. The Labute approximate surface area is 361 Å². The number of hydrogen-bond donors (Lipinski definition) is 0. The first-order chi connectivity index (χ1) is 30.7. The zero-order valence-corrected chi connectivity index (χ0v) is 34.2. The van der Waals surface area contributed by atoms with E-state index in [2.05, 4.69) is 182 Å². The van der Waals surface area contributed by atoms with Crippen LogP contribution in [0.3, 0.4) is 0 Å². The van der Waals surface area contributed by atoms with Crippen LogP contribution in [0.25, 0.3) is 110 Å². The third-order valence-electron chi connectivity index (χ3n) is 12.7. The highest BCUT2D eigenvalue weighted by molar-refractivity contribution is 7.26. The molecular formula is C57H35N3OS. The van der Waals surface area contributed by atoms with Crippen molar-refractivity contribution in [2.45, 2.75) is 11.8 Å². The highest BCUT2D eigenvalue weighted by Gasteiger charge is 2.32. The molecule has 0 fully saturated rings. The smallest absolute Gasteiger partial charge is 0.165 e. The summed E-state index contributed by atoms with van der Waals surface area (Å²) in [5, 5.41) is 4.63. The topological polar surface area (TPSA) is 51.8 Å². The molecule has 0 saturated heterocycles. The maximum absolute atomic E-state index is 6.56. The monoisotopic (exact) mass is 809 g/mol. The number of furan rings is 1. The first kappa shape index (κ1) is 35.1. The molecule has 62 heavy (non-hydrogen) atoms. The van der Waals surface area contributed by atoms with Crippen LogP contribution in [0.4, 0.5) is 0 Å². The van der Waals surface area contributed by atoms with Gasteiger partial charge in [0, 0.05) is 59.5 Å². The van der Waals surface area contributed by atoms with Gasteiger partial charge in [0.25, 0.3) is 0 Å². The van der Waals surface area contributed by atoms with Crippen LogP contribution in [0.5, 0.6) is 0 Å². The molecule has 0 bridgehead atoms. The number of aromatic nitrogens is 3. The molecule has 4 nitrogen and oxygen atoms in total. The van der Waals surface area contributed by atoms with Gasteiger partial charge in [0.2, 0.25) is 0 Å². The minimum atomic E-state index is 0.302. The van der Waals surface area contributed by atoms with Crippen molar-refractivity contribution in [3.63, 3.8) is 0 Å². The Morgan fingerprint density at radius 3 is 1.95 bits per heavy atom. The van der Waals surface area contributed by atoms with Gasteiger partial charge in [-0.25, -0.2) is 15.0 Å². The van der Waals surface area contributed by atoms with Crippen LogP contribution < -0.4 is 0 Å². The highest BCUT2D eigenvalue weighted by atomic mass is 32.1. The van der Waals surface area contributed by atoms with E-state index in [4.69, 9.17) is 19.4 Å². The van der Waals surface area contributed by atoms with Crippen LogP contribution in [0.15, 0.2) is 205 Å². The SMILES string of the molecule is C1=CC2c3ccccc3-c3ccc(-c4ccc5oc6cccc(-c7cccc(-c8nc(-c9ccccc9)nc(-c9cccc%10c9sc9ccccc9%10)n8)c7)c6c5c4)cc3C2C=C1. The van der Waals surface area contributed by atoms with Crippen LogP contribution in [0.1, 0.15) is 23.0 Å². The van der Waals surface area contributed by atoms with Gasteiger partial charge in [-0.2, -0.15) is 0 Å². The lowest BCUT2D eigenvalue weighted by Crippen LogP contribution is -2.16. The molecule has 0 amide bonds. The molecule has 8 aromatic carbocycles. The lowest BCUT2D eigenvalue weighted by atomic mass is 9.69. The van der Waals surface area contributed by atoms with Crippen molar-refractivity contribution in [2.75, 3.05) is 0 Å². The van der Waals surface area contributed by atoms with E-state index in [9.17, 15) is 0 Å². The number of nitrogens with zero attached hydrogens (tertiary/aromatic N) is 3. The van der Waals surface area contributed by atoms with Gasteiger partial charge >= 0.3 is 0 Å². The Balaban J connectivity index is 0.937. The summed E-state index contributed by atoms with van der Waals surface area (Å²) in [6, 6.07) is 62.6. The molecule has 2 unspecified atom stereocenters. The lowest BCUT2D eigenvalue weighted by Gasteiger charge is -2.34. The molecule has 2 atom stereocenters. The van der Waals surface area contributed by atoms with Crippen molar-refractivity contribution in [3.05, 3.63) is 211 Å². The molecule has 3 aromatic heterocycles. The Kier molecular flexibility index (Phi) is 7.87. The largest absolute Gasteiger partial charge is 0.456 e. The number of rotatable bonds is 5. The molecule has 13 rings (SSSR count). The lowest BCUT2D eigenvalue weighted by molar-refractivity contribution is 0.669. The van der Waals surface area contributed by atoms with Crippen LogP contribution in [-0.4, -0.2) is 15.0 Å². The van der Waals surface area contributed by atoms with Crippen molar-refractivity contribution in [1.82, 2.24) is 15.0 Å². The fraction of sp³-hybridized carbons (Fsp3) is 0.0351. The third-order valence-corrected chi connectivity index (χ3v) is 13.9. The average Bonchev–Trinajstić information content (AvgIpc) is 3.92. The van der Waals surface area contributed by atoms with Gasteiger partial charge < -0.3 is 4.42 Å². The van der Waals surface area contributed by atoms with E-state index >= 15 is 0 Å². The molecule has 2 aliphatic carbocycles. The molecule has 11 aromatic rings. The van der Waals surface area contributed by atoms with Gasteiger partial charge in [-0.3, -0.25) is 0 Å². The number of allylic oxidation sites excluding steroid dienone is 4. The summed E-state index contributed by atoms with van der Waals surface area (Å²) in [6.45, 7) is 0. The Bertz CT molecular complexity index is 3670. The van der Waals surface area contributed by atoms with Crippen molar-refractivity contribution in [1.29, 1.82) is 0 Å². The third kappa shape index (κ3) is 5.56. The molecule has 5 heteroatoms. The standard InChI is InChI=1S/C57H35N3OS/c1-2-13-34(14-3-1)55-58-56(60-57(59-55)47-24-11-23-46-45-21-8-9-26-52(45)62-54(46)47)38-16-10-15-37(31-38)39-22-12-25-51-53(39)49-33-36(28-30-50(49)61-51)35-27-29-44-42-19-5-4-17-40(42)41-18-6-7-20-43(41)48(44)32-35/h1-33,41,43H. The normalized spacial score (nSPS) is 15.3. The average molecular weight is 810 g/mol. The maximum atomic E-state index is 6.56. The van der Waals surface area contributed by atoms with Crippen molar-refractivity contribution < 1.29 is 4.42 Å². The van der Waals surface area contributed by atoms with E-state index < -0.39 is 0 Å². The van der Waals surface area contributed by atoms with Gasteiger partial charge in [0.1, 0.15) is 11.2 Å².